The Labute approximate surface area is 87.3 Å². The fourth-order valence-corrected chi connectivity index (χ4v) is 1.87. The van der Waals surface area contributed by atoms with Crippen LogP contribution in [0.5, 0.6) is 0 Å². The molecule has 14 heavy (non-hydrogen) atoms. The predicted molar refractivity (Wildman–Crippen MR) is 62.4 cm³/mol. The molecule has 1 aromatic rings. The van der Waals surface area contributed by atoms with Crippen LogP contribution in [0.1, 0.15) is 31.9 Å². The highest BCUT2D eigenvalue weighted by Gasteiger charge is 2.29. The number of aryl methyl sites for hydroxylation is 1. The van der Waals surface area contributed by atoms with Crippen LogP contribution in [-0.4, -0.2) is 6.54 Å². The van der Waals surface area contributed by atoms with Gasteiger partial charge in [-0.3, -0.25) is 0 Å². The van der Waals surface area contributed by atoms with Crippen molar-refractivity contribution in [3.8, 4) is 0 Å². The van der Waals surface area contributed by atoms with Crippen LogP contribution in [0.3, 0.4) is 0 Å². The van der Waals surface area contributed by atoms with Crippen molar-refractivity contribution in [2.75, 3.05) is 6.54 Å². The van der Waals surface area contributed by atoms with E-state index in [9.17, 15) is 0 Å². The molecule has 0 spiro atoms. The highest BCUT2D eigenvalue weighted by Crippen LogP contribution is 2.32. The average molecular weight is 191 g/mol. The first-order valence-corrected chi connectivity index (χ1v) is 5.28. The van der Waals surface area contributed by atoms with Crippen molar-refractivity contribution in [1.82, 2.24) is 0 Å². The first-order valence-electron chi connectivity index (χ1n) is 5.28. The molecule has 0 aliphatic heterocycles. The first kappa shape index (κ1) is 11.3. The number of hydrogen-bond donors (Lipinski definition) is 1. The van der Waals surface area contributed by atoms with Gasteiger partial charge in [0.1, 0.15) is 0 Å². The smallest absolute Gasteiger partial charge is 0.00728 e. The predicted octanol–water partition coefficient (Wildman–Crippen LogP) is 2.87. The Kier molecular flexibility index (Phi) is 3.33. The van der Waals surface area contributed by atoms with Gasteiger partial charge in [-0.2, -0.15) is 0 Å². The highest BCUT2D eigenvalue weighted by molar-refractivity contribution is 5.33. The maximum atomic E-state index is 5.91. The van der Waals surface area contributed by atoms with E-state index in [0.29, 0.717) is 12.5 Å². The summed E-state index contributed by atoms with van der Waals surface area (Å²) in [6, 6.07) is 8.53. The lowest BCUT2D eigenvalue weighted by Gasteiger charge is -2.34. The maximum absolute atomic E-state index is 5.91. The van der Waals surface area contributed by atoms with Crippen LogP contribution in [0.15, 0.2) is 24.3 Å². The summed E-state index contributed by atoms with van der Waals surface area (Å²) in [5, 5.41) is 0. The summed E-state index contributed by atoms with van der Waals surface area (Å²) in [5.41, 5.74) is 8.74. The molecule has 0 saturated carbocycles. The molecule has 1 nitrogen and oxygen atoms in total. The van der Waals surface area contributed by atoms with Crippen molar-refractivity contribution in [2.45, 2.75) is 33.1 Å². The van der Waals surface area contributed by atoms with Gasteiger partial charge in [-0.15, -0.1) is 0 Å². The van der Waals surface area contributed by atoms with Gasteiger partial charge in [0.15, 0.2) is 0 Å². The number of nitrogens with two attached hydrogens (primary N) is 1. The van der Waals surface area contributed by atoms with E-state index in [1.54, 1.807) is 0 Å². The molecule has 1 aromatic carbocycles. The zero-order chi connectivity index (χ0) is 10.8. The highest BCUT2D eigenvalue weighted by atomic mass is 14.6. The minimum Gasteiger partial charge on any atom is -0.330 e. The van der Waals surface area contributed by atoms with E-state index in [2.05, 4.69) is 52.0 Å². The Morgan fingerprint density at radius 2 is 1.86 bits per heavy atom. The summed E-state index contributed by atoms with van der Waals surface area (Å²) in [4.78, 5) is 0. The molecule has 0 saturated heterocycles. The molecule has 0 bridgehead atoms. The third-order valence-electron chi connectivity index (χ3n) is 3.46. The number of rotatable bonds is 3. The molecule has 1 unspecified atom stereocenters. The quantitative estimate of drug-likeness (QED) is 0.781. The molecule has 0 fully saturated rings. The van der Waals surface area contributed by atoms with Crippen LogP contribution in [0.25, 0.3) is 0 Å². The Morgan fingerprint density at radius 1 is 1.29 bits per heavy atom. The SMILES string of the molecule is Cc1ccccc1C(C)(CN)C(C)C. The van der Waals surface area contributed by atoms with Crippen LogP contribution in [-0.2, 0) is 5.41 Å². The molecule has 0 radical (unpaired) electrons. The standard InChI is InChI=1S/C13H21N/c1-10(2)13(4,9-14)12-8-6-5-7-11(12)3/h5-8,10H,9,14H2,1-4H3. The molecule has 1 atom stereocenters. The van der Waals surface area contributed by atoms with Gasteiger partial charge in [-0.1, -0.05) is 45.0 Å². The lowest BCUT2D eigenvalue weighted by molar-refractivity contribution is 0.346. The molecular weight excluding hydrogens is 170 g/mol. The lowest BCUT2D eigenvalue weighted by Crippen LogP contribution is -2.37. The molecular formula is C13H21N. The van der Waals surface area contributed by atoms with Crippen LogP contribution in [0.4, 0.5) is 0 Å². The zero-order valence-electron chi connectivity index (χ0n) is 9.67. The summed E-state index contributed by atoms with van der Waals surface area (Å²) in [5.74, 6) is 0.564. The van der Waals surface area contributed by atoms with E-state index in [4.69, 9.17) is 5.73 Å². The number of hydrogen-bond acceptors (Lipinski definition) is 1. The summed E-state index contributed by atoms with van der Waals surface area (Å²) >= 11 is 0. The first-order chi connectivity index (χ1) is 6.52. The van der Waals surface area contributed by atoms with Gasteiger partial charge in [0, 0.05) is 12.0 Å². The van der Waals surface area contributed by atoms with Crippen LogP contribution in [0.2, 0.25) is 0 Å². The average Bonchev–Trinajstić information content (AvgIpc) is 2.17. The lowest BCUT2D eigenvalue weighted by atomic mass is 9.72. The second kappa shape index (κ2) is 4.14. The molecule has 0 aliphatic rings. The molecule has 0 heterocycles. The van der Waals surface area contributed by atoms with Crippen LogP contribution >= 0.6 is 0 Å². The summed E-state index contributed by atoms with van der Waals surface area (Å²) in [7, 11) is 0. The third kappa shape index (κ3) is 1.83. The molecule has 0 aliphatic carbocycles. The van der Waals surface area contributed by atoms with Gasteiger partial charge >= 0.3 is 0 Å². The summed E-state index contributed by atoms with van der Waals surface area (Å²) < 4.78 is 0. The maximum Gasteiger partial charge on any atom is 0.00728 e. The van der Waals surface area contributed by atoms with Gasteiger partial charge in [0.2, 0.25) is 0 Å². The van der Waals surface area contributed by atoms with E-state index in [1.165, 1.54) is 11.1 Å². The fraction of sp³-hybridized carbons (Fsp3) is 0.538. The van der Waals surface area contributed by atoms with E-state index in [-0.39, 0.29) is 5.41 Å². The fourth-order valence-electron chi connectivity index (χ4n) is 1.87. The largest absolute Gasteiger partial charge is 0.330 e. The topological polar surface area (TPSA) is 26.0 Å². The molecule has 1 rings (SSSR count). The van der Waals surface area contributed by atoms with Gasteiger partial charge in [0.25, 0.3) is 0 Å². The van der Waals surface area contributed by atoms with Gasteiger partial charge in [0.05, 0.1) is 0 Å². The van der Waals surface area contributed by atoms with E-state index >= 15 is 0 Å². The van der Waals surface area contributed by atoms with Crippen molar-refractivity contribution in [3.05, 3.63) is 35.4 Å². The van der Waals surface area contributed by atoms with E-state index < -0.39 is 0 Å². The monoisotopic (exact) mass is 191 g/mol. The van der Waals surface area contributed by atoms with Crippen molar-refractivity contribution >= 4 is 0 Å². The molecule has 0 aromatic heterocycles. The van der Waals surface area contributed by atoms with E-state index in [0.717, 1.165) is 0 Å². The summed E-state index contributed by atoms with van der Waals surface area (Å²) in [6.45, 7) is 9.58. The van der Waals surface area contributed by atoms with Crippen LogP contribution in [0, 0.1) is 12.8 Å². The van der Waals surface area contributed by atoms with Crippen molar-refractivity contribution in [3.63, 3.8) is 0 Å². The molecule has 0 amide bonds. The van der Waals surface area contributed by atoms with E-state index in [1.807, 2.05) is 0 Å². The van der Waals surface area contributed by atoms with Gasteiger partial charge < -0.3 is 5.73 Å². The Hall–Kier alpha value is -0.820. The van der Waals surface area contributed by atoms with Gasteiger partial charge in [-0.25, -0.2) is 0 Å². The summed E-state index contributed by atoms with van der Waals surface area (Å²) in [6.07, 6.45) is 0. The normalized spacial score (nSPS) is 15.6. The van der Waals surface area contributed by atoms with Gasteiger partial charge in [-0.05, 0) is 24.0 Å². The minimum absolute atomic E-state index is 0.103. The Balaban J connectivity index is 3.19. The minimum atomic E-state index is 0.103. The van der Waals surface area contributed by atoms with Crippen molar-refractivity contribution in [2.24, 2.45) is 11.7 Å². The van der Waals surface area contributed by atoms with Crippen molar-refractivity contribution in [1.29, 1.82) is 0 Å². The molecule has 78 valence electrons. The second-order valence-corrected chi connectivity index (χ2v) is 4.59. The molecule has 1 heteroatoms. The Bertz CT molecular complexity index is 304. The third-order valence-corrected chi connectivity index (χ3v) is 3.46. The zero-order valence-corrected chi connectivity index (χ0v) is 9.67. The van der Waals surface area contributed by atoms with Crippen LogP contribution < -0.4 is 5.73 Å². The van der Waals surface area contributed by atoms with Crippen molar-refractivity contribution < 1.29 is 0 Å². The molecule has 2 N–H and O–H groups in total. The second-order valence-electron chi connectivity index (χ2n) is 4.59. The number of benzene rings is 1. The Morgan fingerprint density at radius 3 is 2.29 bits per heavy atom.